The van der Waals surface area contributed by atoms with Crippen LogP contribution >= 0.6 is 0 Å². The molecule has 0 aliphatic heterocycles. The fourth-order valence-electron chi connectivity index (χ4n) is 3.12. The number of benzene rings is 1. The minimum Gasteiger partial charge on any atom is -0.281 e. The van der Waals surface area contributed by atoms with Crippen LogP contribution in [-0.4, -0.2) is 21.1 Å². The Morgan fingerprint density at radius 1 is 1.23 bits per heavy atom. The van der Waals surface area contributed by atoms with Crippen molar-refractivity contribution in [3.05, 3.63) is 62.9 Å². The maximum absolute atomic E-state index is 9.37. The van der Waals surface area contributed by atoms with Crippen molar-refractivity contribution >= 4 is 11.2 Å². The summed E-state index contributed by atoms with van der Waals surface area (Å²) in [7, 11) is 0. The smallest absolute Gasteiger partial charge is 0.165 e. The molecule has 0 saturated carbocycles. The number of nitrogens with zero attached hydrogens (tertiary/aromatic N) is 7. The van der Waals surface area contributed by atoms with Crippen molar-refractivity contribution in [3.8, 4) is 11.8 Å². The summed E-state index contributed by atoms with van der Waals surface area (Å²) in [6.07, 6.45) is 1.47. The van der Waals surface area contributed by atoms with Crippen molar-refractivity contribution in [1.29, 1.82) is 5.26 Å². The van der Waals surface area contributed by atoms with Gasteiger partial charge in [0.05, 0.1) is 11.3 Å². The molecule has 0 N–H and O–H groups in total. The summed E-state index contributed by atoms with van der Waals surface area (Å²) >= 11 is 0. The van der Waals surface area contributed by atoms with E-state index in [1.54, 1.807) is 0 Å². The summed E-state index contributed by atoms with van der Waals surface area (Å²) < 4.78 is 2.05. The topological polar surface area (TPSA) is 103 Å². The molecule has 3 rings (SSSR count). The number of pyridine rings is 1. The first-order valence-electron chi connectivity index (χ1n) is 8.49. The number of azide groups is 1. The maximum atomic E-state index is 9.37. The number of aromatic nitrogens is 3. The minimum atomic E-state index is 0.445. The first kappa shape index (κ1) is 17.5. The summed E-state index contributed by atoms with van der Waals surface area (Å²) in [6.45, 7) is 6.28. The van der Waals surface area contributed by atoms with E-state index >= 15 is 0 Å². The van der Waals surface area contributed by atoms with Gasteiger partial charge in [0, 0.05) is 23.6 Å². The largest absolute Gasteiger partial charge is 0.281 e. The molecule has 0 amide bonds. The van der Waals surface area contributed by atoms with Crippen LogP contribution in [0, 0.1) is 25.2 Å². The number of nitriles is 1. The average Bonchev–Trinajstić information content (AvgIpc) is 3.01. The summed E-state index contributed by atoms with van der Waals surface area (Å²) in [6, 6.07) is 10.3. The molecule has 0 unspecified atom stereocenters. The number of hydrogen-bond acceptors (Lipinski definition) is 4. The molecular weight excluding hydrogens is 326 g/mol. The van der Waals surface area contributed by atoms with Crippen LogP contribution in [-0.2, 0) is 12.8 Å². The molecule has 130 valence electrons. The molecule has 0 fully saturated rings. The summed E-state index contributed by atoms with van der Waals surface area (Å²) in [5.41, 5.74) is 14.2. The molecule has 0 atom stereocenters. The summed E-state index contributed by atoms with van der Waals surface area (Å²) in [5, 5.41) is 12.9. The second-order valence-electron chi connectivity index (χ2n) is 6.07. The highest BCUT2D eigenvalue weighted by atomic mass is 15.1. The molecule has 0 bridgehead atoms. The van der Waals surface area contributed by atoms with Crippen molar-refractivity contribution in [1.82, 2.24) is 14.5 Å². The van der Waals surface area contributed by atoms with Crippen LogP contribution in [0.25, 0.3) is 27.3 Å². The lowest BCUT2D eigenvalue weighted by atomic mass is 10.1. The van der Waals surface area contributed by atoms with Crippen LogP contribution in [0.4, 0.5) is 0 Å². The Hall–Kier alpha value is -3.36. The Morgan fingerprint density at radius 3 is 2.58 bits per heavy atom. The molecule has 1 aromatic carbocycles. The van der Waals surface area contributed by atoms with Gasteiger partial charge < -0.3 is 0 Å². The normalized spacial score (nSPS) is 10.5. The van der Waals surface area contributed by atoms with Gasteiger partial charge in [0.25, 0.3) is 0 Å². The van der Waals surface area contributed by atoms with Crippen molar-refractivity contribution in [3.63, 3.8) is 0 Å². The Labute approximate surface area is 151 Å². The van der Waals surface area contributed by atoms with Gasteiger partial charge in [-0.1, -0.05) is 24.2 Å². The van der Waals surface area contributed by atoms with Gasteiger partial charge in [-0.15, -0.1) is 0 Å². The van der Waals surface area contributed by atoms with Gasteiger partial charge >= 0.3 is 0 Å². The standard InChI is InChI=1S/C19H19N7/c1-4-17-24-18-12(2)16(11-20)13(3)23-19(18)26(17)15-7-5-14(6-8-15)9-10-22-25-21/h5-8H,4,9-10H2,1-3H3. The Kier molecular flexibility index (Phi) is 4.87. The fourth-order valence-corrected chi connectivity index (χ4v) is 3.12. The predicted molar refractivity (Wildman–Crippen MR) is 100 cm³/mol. The molecule has 26 heavy (non-hydrogen) atoms. The molecule has 0 aliphatic carbocycles. The minimum absolute atomic E-state index is 0.445. The number of hydrogen-bond donors (Lipinski definition) is 0. The van der Waals surface area contributed by atoms with Crippen LogP contribution in [0.1, 0.15) is 35.1 Å². The van der Waals surface area contributed by atoms with Crippen molar-refractivity contribution in [2.75, 3.05) is 6.54 Å². The first-order chi connectivity index (χ1) is 12.6. The van der Waals surface area contributed by atoms with E-state index in [0.717, 1.165) is 40.2 Å². The molecule has 3 aromatic rings. The third-order valence-corrected chi connectivity index (χ3v) is 4.47. The highest BCUT2D eigenvalue weighted by Crippen LogP contribution is 2.26. The zero-order valence-electron chi connectivity index (χ0n) is 15.1. The lowest BCUT2D eigenvalue weighted by Gasteiger charge is -2.10. The Balaban J connectivity index is 2.12. The van der Waals surface area contributed by atoms with E-state index in [-0.39, 0.29) is 0 Å². The number of imidazole rings is 1. The van der Waals surface area contributed by atoms with Crippen LogP contribution in [0.2, 0.25) is 0 Å². The molecule has 0 radical (unpaired) electrons. The third kappa shape index (κ3) is 2.99. The maximum Gasteiger partial charge on any atom is 0.165 e. The van der Waals surface area contributed by atoms with E-state index in [9.17, 15) is 5.26 Å². The second kappa shape index (κ2) is 7.26. The molecule has 2 aromatic heterocycles. The average molecular weight is 345 g/mol. The Morgan fingerprint density at radius 2 is 1.96 bits per heavy atom. The first-order valence-corrected chi connectivity index (χ1v) is 8.49. The van der Waals surface area contributed by atoms with E-state index in [4.69, 9.17) is 10.5 Å². The van der Waals surface area contributed by atoms with E-state index in [2.05, 4.69) is 28.0 Å². The molecular formula is C19H19N7. The van der Waals surface area contributed by atoms with Crippen LogP contribution in [0.5, 0.6) is 0 Å². The predicted octanol–water partition coefficient (Wildman–Crippen LogP) is 4.32. The van der Waals surface area contributed by atoms with Gasteiger partial charge in [0.2, 0.25) is 0 Å². The van der Waals surface area contributed by atoms with Crippen molar-refractivity contribution in [2.45, 2.75) is 33.6 Å². The van der Waals surface area contributed by atoms with E-state index in [1.165, 1.54) is 0 Å². The highest BCUT2D eigenvalue weighted by Gasteiger charge is 2.18. The van der Waals surface area contributed by atoms with E-state index < -0.39 is 0 Å². The number of aryl methyl sites for hydroxylation is 3. The van der Waals surface area contributed by atoms with Crippen LogP contribution < -0.4 is 0 Å². The van der Waals surface area contributed by atoms with E-state index in [0.29, 0.717) is 24.2 Å². The molecule has 7 nitrogen and oxygen atoms in total. The van der Waals surface area contributed by atoms with Gasteiger partial charge in [0.1, 0.15) is 17.4 Å². The molecule has 0 saturated heterocycles. The van der Waals surface area contributed by atoms with Gasteiger partial charge in [-0.3, -0.25) is 4.57 Å². The summed E-state index contributed by atoms with van der Waals surface area (Å²) in [4.78, 5) is 12.2. The molecule has 7 heteroatoms. The van der Waals surface area contributed by atoms with Crippen LogP contribution in [0.3, 0.4) is 0 Å². The van der Waals surface area contributed by atoms with Crippen molar-refractivity contribution < 1.29 is 0 Å². The van der Waals surface area contributed by atoms with Crippen LogP contribution in [0.15, 0.2) is 29.4 Å². The number of fused-ring (bicyclic) bond motifs is 1. The van der Waals surface area contributed by atoms with Gasteiger partial charge in [-0.05, 0) is 49.1 Å². The number of rotatable bonds is 5. The monoisotopic (exact) mass is 345 g/mol. The zero-order valence-corrected chi connectivity index (χ0v) is 15.1. The lowest BCUT2D eigenvalue weighted by molar-refractivity contribution is 0.897. The molecule has 2 heterocycles. The van der Waals surface area contributed by atoms with E-state index in [1.807, 2.05) is 42.7 Å². The summed E-state index contributed by atoms with van der Waals surface area (Å²) in [5.74, 6) is 0.909. The molecule has 0 aliphatic rings. The SMILES string of the molecule is CCc1nc2c(C)c(C#N)c(C)nc2n1-c1ccc(CCN=[N+]=[N-])cc1. The lowest BCUT2D eigenvalue weighted by Crippen LogP contribution is -2.03. The third-order valence-electron chi connectivity index (χ3n) is 4.47. The highest BCUT2D eigenvalue weighted by molar-refractivity contribution is 5.80. The van der Waals surface area contributed by atoms with Gasteiger partial charge in [-0.2, -0.15) is 5.26 Å². The van der Waals surface area contributed by atoms with Gasteiger partial charge in [0.15, 0.2) is 5.65 Å². The van der Waals surface area contributed by atoms with Crippen molar-refractivity contribution in [2.24, 2.45) is 5.11 Å². The molecule has 0 spiro atoms. The second-order valence-corrected chi connectivity index (χ2v) is 6.07. The Bertz CT molecular complexity index is 1050. The fraction of sp³-hybridized carbons (Fsp3) is 0.316. The zero-order chi connectivity index (χ0) is 18.7. The van der Waals surface area contributed by atoms with Gasteiger partial charge in [-0.25, -0.2) is 9.97 Å². The quantitative estimate of drug-likeness (QED) is 0.390.